The smallest absolute Gasteiger partial charge is 0.341 e. The fraction of sp³-hybridized carbons (Fsp3) is 0.100. The molecule has 29 heavy (non-hydrogen) atoms. The van der Waals surface area contributed by atoms with Crippen LogP contribution in [-0.2, 0) is 4.74 Å². The highest BCUT2D eigenvalue weighted by atomic mass is 35.5. The molecular weight excluding hydrogens is 416 g/mol. The third-order valence-corrected chi connectivity index (χ3v) is 5.45. The molecule has 0 aliphatic carbocycles. The molecule has 0 unspecified atom stereocenters. The molecule has 0 bridgehead atoms. The Balaban J connectivity index is 1.99. The third kappa shape index (κ3) is 4.28. The zero-order valence-electron chi connectivity index (χ0n) is 15.4. The van der Waals surface area contributed by atoms with E-state index in [0.29, 0.717) is 15.6 Å². The number of carbonyl (C=O) groups excluding carboxylic acids is 2. The van der Waals surface area contributed by atoms with Crippen LogP contribution in [0.1, 0.15) is 25.6 Å². The predicted octanol–water partition coefficient (Wildman–Crippen LogP) is 5.32. The number of nitrogens with zero attached hydrogens (tertiary/aromatic N) is 1. The number of anilines is 1. The van der Waals surface area contributed by atoms with Gasteiger partial charge in [0.25, 0.3) is 11.6 Å². The van der Waals surface area contributed by atoms with E-state index in [-0.39, 0.29) is 16.8 Å². The minimum atomic E-state index is -0.585. The first-order valence-electron chi connectivity index (χ1n) is 8.35. The molecule has 0 atom stereocenters. The van der Waals surface area contributed by atoms with Gasteiger partial charge in [-0.05, 0) is 36.8 Å². The van der Waals surface area contributed by atoms with E-state index in [4.69, 9.17) is 16.3 Å². The van der Waals surface area contributed by atoms with E-state index in [1.54, 1.807) is 24.3 Å². The number of hydrogen-bond acceptors (Lipinski definition) is 6. The largest absolute Gasteiger partial charge is 0.465 e. The number of nitro benzene ring substituents is 1. The van der Waals surface area contributed by atoms with Crippen molar-refractivity contribution >= 4 is 45.5 Å². The number of methoxy groups -OCH3 is 1. The van der Waals surface area contributed by atoms with Crippen molar-refractivity contribution in [3.63, 3.8) is 0 Å². The van der Waals surface area contributed by atoms with Gasteiger partial charge in [0.1, 0.15) is 10.6 Å². The van der Waals surface area contributed by atoms with Crippen LogP contribution >= 0.6 is 22.9 Å². The highest BCUT2D eigenvalue weighted by Gasteiger charge is 2.25. The minimum absolute atomic E-state index is 0.117. The second-order valence-electron chi connectivity index (χ2n) is 5.99. The molecule has 0 saturated carbocycles. The maximum Gasteiger partial charge on any atom is 0.341 e. The Labute approximate surface area is 175 Å². The van der Waals surface area contributed by atoms with Crippen LogP contribution in [0.15, 0.2) is 48.5 Å². The lowest BCUT2D eigenvalue weighted by atomic mass is 10.0. The SMILES string of the molecule is COC(=O)c1c(NC(=O)c2ccc([N+](=O)[O-])cc2)sc(C)c1-c1ccc(Cl)cc1. The van der Waals surface area contributed by atoms with Crippen LogP contribution in [0.5, 0.6) is 0 Å². The van der Waals surface area contributed by atoms with E-state index in [1.165, 1.54) is 42.7 Å². The molecule has 7 nitrogen and oxygen atoms in total. The second kappa shape index (κ2) is 8.42. The number of amides is 1. The van der Waals surface area contributed by atoms with E-state index in [2.05, 4.69) is 5.32 Å². The van der Waals surface area contributed by atoms with E-state index >= 15 is 0 Å². The minimum Gasteiger partial charge on any atom is -0.465 e. The van der Waals surface area contributed by atoms with Gasteiger partial charge in [-0.15, -0.1) is 11.3 Å². The Morgan fingerprint density at radius 3 is 2.28 bits per heavy atom. The van der Waals surface area contributed by atoms with Crippen LogP contribution in [0.3, 0.4) is 0 Å². The summed E-state index contributed by atoms with van der Waals surface area (Å²) >= 11 is 7.19. The summed E-state index contributed by atoms with van der Waals surface area (Å²) in [5.74, 6) is -1.08. The number of hydrogen-bond donors (Lipinski definition) is 1. The molecule has 0 spiro atoms. The van der Waals surface area contributed by atoms with Crippen molar-refractivity contribution in [1.29, 1.82) is 0 Å². The highest BCUT2D eigenvalue weighted by molar-refractivity contribution is 7.17. The highest BCUT2D eigenvalue weighted by Crippen LogP contribution is 2.40. The van der Waals surface area contributed by atoms with Crippen molar-refractivity contribution in [1.82, 2.24) is 0 Å². The van der Waals surface area contributed by atoms with Crippen molar-refractivity contribution < 1.29 is 19.2 Å². The number of non-ortho nitro benzene ring substituents is 1. The van der Waals surface area contributed by atoms with Gasteiger partial charge in [-0.1, -0.05) is 23.7 Å². The van der Waals surface area contributed by atoms with Crippen molar-refractivity contribution in [2.24, 2.45) is 0 Å². The zero-order chi connectivity index (χ0) is 21.1. The van der Waals surface area contributed by atoms with Crippen LogP contribution in [0.2, 0.25) is 5.02 Å². The van der Waals surface area contributed by atoms with Gasteiger partial charge in [-0.3, -0.25) is 14.9 Å². The summed E-state index contributed by atoms with van der Waals surface area (Å²) < 4.78 is 4.92. The maximum absolute atomic E-state index is 12.6. The van der Waals surface area contributed by atoms with Crippen molar-refractivity contribution in [3.05, 3.63) is 79.7 Å². The molecule has 0 fully saturated rings. The molecule has 1 heterocycles. The quantitative estimate of drug-likeness (QED) is 0.335. The van der Waals surface area contributed by atoms with Gasteiger partial charge in [0.15, 0.2) is 0 Å². The Hall–Kier alpha value is -3.23. The third-order valence-electron chi connectivity index (χ3n) is 4.17. The molecule has 1 aromatic heterocycles. The van der Waals surface area contributed by atoms with E-state index in [0.717, 1.165) is 10.4 Å². The molecule has 2 aromatic carbocycles. The number of thiophene rings is 1. The first-order valence-corrected chi connectivity index (χ1v) is 9.54. The lowest BCUT2D eigenvalue weighted by molar-refractivity contribution is -0.384. The van der Waals surface area contributed by atoms with Gasteiger partial charge in [0.05, 0.1) is 12.0 Å². The fourth-order valence-electron chi connectivity index (χ4n) is 2.80. The summed E-state index contributed by atoms with van der Waals surface area (Å²) in [6.07, 6.45) is 0. The summed E-state index contributed by atoms with van der Waals surface area (Å²) in [6.45, 7) is 1.84. The van der Waals surface area contributed by atoms with Crippen LogP contribution in [0.25, 0.3) is 11.1 Å². The summed E-state index contributed by atoms with van der Waals surface area (Å²) in [7, 11) is 1.27. The maximum atomic E-state index is 12.6. The molecule has 0 saturated heterocycles. The number of carbonyl (C=O) groups is 2. The molecule has 9 heteroatoms. The van der Waals surface area contributed by atoms with Gasteiger partial charge < -0.3 is 10.1 Å². The van der Waals surface area contributed by atoms with Crippen molar-refractivity contribution in [2.45, 2.75) is 6.92 Å². The molecule has 0 aliphatic rings. The van der Waals surface area contributed by atoms with Crippen molar-refractivity contribution in [2.75, 3.05) is 12.4 Å². The van der Waals surface area contributed by atoms with Gasteiger partial charge in [-0.2, -0.15) is 0 Å². The normalized spacial score (nSPS) is 10.4. The number of esters is 1. The van der Waals surface area contributed by atoms with Gasteiger partial charge in [-0.25, -0.2) is 4.79 Å². The average molecular weight is 431 g/mol. The lowest BCUT2D eigenvalue weighted by Gasteiger charge is -2.08. The summed E-state index contributed by atoms with van der Waals surface area (Å²) in [5, 5.41) is 14.4. The Kier molecular flexibility index (Phi) is 5.95. The zero-order valence-corrected chi connectivity index (χ0v) is 17.0. The number of nitrogens with one attached hydrogen (secondary N) is 1. The monoisotopic (exact) mass is 430 g/mol. The summed E-state index contributed by atoms with van der Waals surface area (Å²) in [6, 6.07) is 12.2. The Bertz CT molecular complexity index is 1090. The van der Waals surface area contributed by atoms with Crippen LogP contribution in [0, 0.1) is 17.0 Å². The molecule has 3 rings (SSSR count). The molecule has 3 aromatic rings. The second-order valence-corrected chi connectivity index (χ2v) is 7.66. The molecule has 1 amide bonds. The Morgan fingerprint density at radius 2 is 1.72 bits per heavy atom. The number of rotatable bonds is 5. The number of nitro groups is 1. The number of aryl methyl sites for hydroxylation is 1. The van der Waals surface area contributed by atoms with Crippen LogP contribution in [0.4, 0.5) is 10.7 Å². The molecule has 0 radical (unpaired) electrons. The van der Waals surface area contributed by atoms with Crippen LogP contribution in [-0.4, -0.2) is 23.9 Å². The molecular formula is C20H15ClN2O5S. The first-order chi connectivity index (χ1) is 13.8. The fourth-order valence-corrected chi connectivity index (χ4v) is 3.99. The van der Waals surface area contributed by atoms with E-state index < -0.39 is 16.8 Å². The number of ether oxygens (including phenoxy) is 1. The van der Waals surface area contributed by atoms with Gasteiger partial charge in [0.2, 0.25) is 0 Å². The van der Waals surface area contributed by atoms with Gasteiger partial charge in [0, 0.05) is 33.2 Å². The first kappa shape index (κ1) is 20.5. The average Bonchev–Trinajstić information content (AvgIpc) is 3.03. The van der Waals surface area contributed by atoms with E-state index in [9.17, 15) is 19.7 Å². The van der Waals surface area contributed by atoms with Gasteiger partial charge >= 0.3 is 5.97 Å². The standard InChI is InChI=1S/C20H15ClN2O5S/c1-11-16(12-3-7-14(21)8-4-12)17(20(25)28-2)19(29-11)22-18(24)13-5-9-15(10-6-13)23(26)27/h3-10H,1-2H3,(H,22,24). The lowest BCUT2D eigenvalue weighted by Crippen LogP contribution is -2.14. The summed E-state index contributed by atoms with van der Waals surface area (Å²) in [4.78, 5) is 36.1. The predicted molar refractivity (Wildman–Crippen MR) is 112 cm³/mol. The molecule has 0 aliphatic heterocycles. The molecule has 148 valence electrons. The van der Waals surface area contributed by atoms with Crippen LogP contribution < -0.4 is 5.32 Å². The summed E-state index contributed by atoms with van der Waals surface area (Å²) in [5.41, 5.74) is 1.77. The molecule has 1 N–H and O–H groups in total. The Morgan fingerprint density at radius 1 is 1.10 bits per heavy atom. The topological polar surface area (TPSA) is 98.5 Å². The van der Waals surface area contributed by atoms with Crippen molar-refractivity contribution in [3.8, 4) is 11.1 Å². The number of halogens is 1. The van der Waals surface area contributed by atoms with E-state index in [1.807, 2.05) is 6.92 Å². The number of benzene rings is 2.